The van der Waals surface area contributed by atoms with Gasteiger partial charge in [0.1, 0.15) is 11.6 Å². The molecule has 0 aliphatic carbocycles. The molecule has 0 unspecified atom stereocenters. The molecule has 0 spiro atoms. The van der Waals surface area contributed by atoms with Gasteiger partial charge in [-0.2, -0.15) is 0 Å². The predicted octanol–water partition coefficient (Wildman–Crippen LogP) is 4.51. The Morgan fingerprint density at radius 1 is 1.13 bits per heavy atom. The average molecular weight is 313 g/mol. The minimum Gasteiger partial charge on any atom is -0.493 e. The van der Waals surface area contributed by atoms with Crippen LogP contribution in [0.3, 0.4) is 0 Å². The van der Waals surface area contributed by atoms with Crippen molar-refractivity contribution in [1.82, 2.24) is 0 Å². The van der Waals surface area contributed by atoms with Gasteiger partial charge in [0.2, 0.25) is 5.91 Å². The van der Waals surface area contributed by atoms with E-state index in [0.29, 0.717) is 18.2 Å². The normalized spacial score (nSPS) is 11.0. The molecule has 0 saturated carbocycles. The molecule has 4 heteroatoms. The molecule has 0 atom stereocenters. The van der Waals surface area contributed by atoms with E-state index in [1.807, 2.05) is 12.1 Å². The fraction of sp³-hybridized carbons (Fsp3) is 0.211. The third-order valence-electron chi connectivity index (χ3n) is 3.00. The number of hydrogen-bond donors (Lipinski definition) is 1. The maximum Gasteiger partial charge on any atom is 0.248 e. The Morgan fingerprint density at radius 2 is 1.78 bits per heavy atom. The van der Waals surface area contributed by atoms with E-state index in [1.165, 1.54) is 18.2 Å². The topological polar surface area (TPSA) is 38.3 Å². The molecular weight excluding hydrogens is 293 g/mol. The highest BCUT2D eigenvalue weighted by Crippen LogP contribution is 2.16. The van der Waals surface area contributed by atoms with Gasteiger partial charge in [-0.25, -0.2) is 4.39 Å². The first kappa shape index (κ1) is 16.7. The van der Waals surface area contributed by atoms with Crippen molar-refractivity contribution in [2.24, 2.45) is 5.92 Å². The zero-order valence-corrected chi connectivity index (χ0v) is 13.3. The van der Waals surface area contributed by atoms with Crippen LogP contribution in [-0.2, 0) is 4.79 Å². The summed E-state index contributed by atoms with van der Waals surface area (Å²) in [4.78, 5) is 11.8. The summed E-state index contributed by atoms with van der Waals surface area (Å²) in [6.07, 6.45) is 3.05. The van der Waals surface area contributed by atoms with E-state index in [1.54, 1.807) is 30.3 Å². The third kappa shape index (κ3) is 5.94. The van der Waals surface area contributed by atoms with Gasteiger partial charge in [-0.15, -0.1) is 0 Å². The number of nitrogens with one attached hydrogen (secondary N) is 1. The number of ether oxygens (including phenoxy) is 1. The van der Waals surface area contributed by atoms with Crippen molar-refractivity contribution in [1.29, 1.82) is 0 Å². The molecule has 120 valence electrons. The number of hydrogen-bond acceptors (Lipinski definition) is 2. The van der Waals surface area contributed by atoms with Crippen LogP contribution in [0.4, 0.5) is 10.1 Å². The maximum atomic E-state index is 12.8. The van der Waals surface area contributed by atoms with Gasteiger partial charge >= 0.3 is 0 Å². The minimum atomic E-state index is -0.300. The Morgan fingerprint density at radius 3 is 2.39 bits per heavy atom. The van der Waals surface area contributed by atoms with Gasteiger partial charge < -0.3 is 10.1 Å². The molecule has 2 aromatic rings. The van der Waals surface area contributed by atoms with Crippen LogP contribution in [0.15, 0.2) is 54.6 Å². The molecule has 1 amide bonds. The highest BCUT2D eigenvalue weighted by Gasteiger charge is 2.00. The number of rotatable bonds is 6. The predicted molar refractivity (Wildman–Crippen MR) is 90.8 cm³/mol. The van der Waals surface area contributed by atoms with Gasteiger partial charge in [0, 0.05) is 11.8 Å². The standard InChI is InChI=1S/C19H20FNO2/c1-14(2)13-23-18-10-8-17(9-11-18)21-19(22)12-5-15-3-6-16(20)7-4-15/h3-12,14H,13H2,1-2H3,(H,21,22). The number of amides is 1. The van der Waals surface area contributed by atoms with Crippen LogP contribution >= 0.6 is 0 Å². The number of benzene rings is 2. The van der Waals surface area contributed by atoms with Crippen LogP contribution in [0, 0.1) is 11.7 Å². The van der Waals surface area contributed by atoms with Crippen LogP contribution in [0.25, 0.3) is 6.08 Å². The van der Waals surface area contributed by atoms with Gasteiger partial charge in [-0.1, -0.05) is 26.0 Å². The molecule has 23 heavy (non-hydrogen) atoms. The number of halogens is 1. The summed E-state index contributed by atoms with van der Waals surface area (Å²) in [7, 11) is 0. The summed E-state index contributed by atoms with van der Waals surface area (Å²) in [5, 5.41) is 2.76. The molecule has 0 heterocycles. The average Bonchev–Trinajstić information content (AvgIpc) is 2.53. The molecule has 3 nitrogen and oxygen atoms in total. The maximum absolute atomic E-state index is 12.8. The van der Waals surface area contributed by atoms with Gasteiger partial charge in [0.05, 0.1) is 6.61 Å². The van der Waals surface area contributed by atoms with Crippen LogP contribution in [0.1, 0.15) is 19.4 Å². The minimum absolute atomic E-state index is 0.245. The van der Waals surface area contributed by atoms with Gasteiger partial charge in [-0.3, -0.25) is 4.79 Å². The summed E-state index contributed by atoms with van der Waals surface area (Å²) in [6.45, 7) is 4.83. The lowest BCUT2D eigenvalue weighted by Gasteiger charge is -2.09. The van der Waals surface area contributed by atoms with Gasteiger partial charge in [0.25, 0.3) is 0 Å². The van der Waals surface area contributed by atoms with E-state index in [-0.39, 0.29) is 11.7 Å². The number of carbonyl (C=O) groups is 1. The first-order valence-corrected chi connectivity index (χ1v) is 7.50. The summed E-state index contributed by atoms with van der Waals surface area (Å²) in [5.41, 5.74) is 1.45. The van der Waals surface area contributed by atoms with Crippen LogP contribution in [-0.4, -0.2) is 12.5 Å². The zero-order valence-electron chi connectivity index (χ0n) is 13.3. The first-order chi connectivity index (χ1) is 11.0. The molecule has 1 N–H and O–H groups in total. The molecular formula is C19H20FNO2. The first-order valence-electron chi connectivity index (χ1n) is 7.50. The van der Waals surface area contributed by atoms with E-state index < -0.39 is 0 Å². The largest absolute Gasteiger partial charge is 0.493 e. The molecule has 0 aromatic heterocycles. The lowest BCUT2D eigenvalue weighted by molar-refractivity contribution is -0.111. The molecule has 2 rings (SSSR count). The van der Waals surface area contributed by atoms with E-state index in [2.05, 4.69) is 19.2 Å². The van der Waals surface area contributed by atoms with Crippen molar-refractivity contribution in [2.45, 2.75) is 13.8 Å². The van der Waals surface area contributed by atoms with Crippen molar-refractivity contribution in [3.05, 3.63) is 66.0 Å². The summed E-state index contributed by atoms with van der Waals surface area (Å²) in [5.74, 6) is 0.695. The van der Waals surface area contributed by atoms with E-state index in [0.717, 1.165) is 11.3 Å². The van der Waals surface area contributed by atoms with Crippen LogP contribution < -0.4 is 10.1 Å². The van der Waals surface area contributed by atoms with Crippen molar-refractivity contribution >= 4 is 17.7 Å². The molecule has 2 aromatic carbocycles. The zero-order chi connectivity index (χ0) is 16.7. The monoisotopic (exact) mass is 313 g/mol. The van der Waals surface area contributed by atoms with Gasteiger partial charge in [-0.05, 0) is 54.0 Å². The second kappa shape index (κ2) is 8.13. The Hall–Kier alpha value is -2.62. The van der Waals surface area contributed by atoms with Crippen molar-refractivity contribution in [3.63, 3.8) is 0 Å². The van der Waals surface area contributed by atoms with Crippen LogP contribution in [0.2, 0.25) is 0 Å². The SMILES string of the molecule is CC(C)COc1ccc(NC(=O)C=Cc2ccc(F)cc2)cc1. The quantitative estimate of drug-likeness (QED) is 0.797. The van der Waals surface area contributed by atoms with Gasteiger partial charge in [0.15, 0.2) is 0 Å². The second-order valence-corrected chi connectivity index (χ2v) is 5.60. The highest BCUT2D eigenvalue weighted by atomic mass is 19.1. The lowest BCUT2D eigenvalue weighted by Crippen LogP contribution is -2.08. The molecule has 0 fully saturated rings. The Bertz CT molecular complexity index is 661. The van der Waals surface area contributed by atoms with E-state index in [4.69, 9.17) is 4.74 Å². The summed E-state index contributed by atoms with van der Waals surface area (Å²) < 4.78 is 18.4. The third-order valence-corrected chi connectivity index (χ3v) is 3.00. The Labute approximate surface area is 135 Å². The highest BCUT2D eigenvalue weighted by molar-refractivity contribution is 6.01. The molecule has 0 saturated heterocycles. The summed E-state index contributed by atoms with van der Waals surface area (Å²) in [6, 6.07) is 13.2. The van der Waals surface area contributed by atoms with Crippen molar-refractivity contribution in [2.75, 3.05) is 11.9 Å². The van der Waals surface area contributed by atoms with Crippen LogP contribution in [0.5, 0.6) is 5.75 Å². The Kier molecular flexibility index (Phi) is 5.92. The van der Waals surface area contributed by atoms with E-state index in [9.17, 15) is 9.18 Å². The molecule has 0 aliphatic rings. The molecule has 0 radical (unpaired) electrons. The van der Waals surface area contributed by atoms with Crippen molar-refractivity contribution in [3.8, 4) is 5.75 Å². The fourth-order valence-electron chi connectivity index (χ4n) is 1.83. The lowest BCUT2D eigenvalue weighted by atomic mass is 10.2. The molecule has 0 aliphatic heterocycles. The smallest absolute Gasteiger partial charge is 0.248 e. The summed E-state index contributed by atoms with van der Waals surface area (Å²) >= 11 is 0. The molecule has 0 bridgehead atoms. The van der Waals surface area contributed by atoms with Crippen molar-refractivity contribution < 1.29 is 13.9 Å². The Balaban J connectivity index is 1.88. The number of carbonyl (C=O) groups excluding carboxylic acids is 1. The fourth-order valence-corrected chi connectivity index (χ4v) is 1.83. The second-order valence-electron chi connectivity index (χ2n) is 5.60. The number of anilines is 1. The van der Waals surface area contributed by atoms with E-state index >= 15 is 0 Å².